The predicted molar refractivity (Wildman–Crippen MR) is 584 cm³/mol. The third-order valence-electron chi connectivity index (χ3n) is 30.8. The summed E-state index contributed by atoms with van der Waals surface area (Å²) in [7, 11) is 0. The molecule has 0 bridgehead atoms. The summed E-state index contributed by atoms with van der Waals surface area (Å²) < 4.78 is 0. The molecule has 2 heteroatoms. The number of benzene rings is 5. The normalized spacial score (nSPS) is 17.7. The molecule has 8 aliphatic carbocycles. The van der Waals surface area contributed by atoms with Crippen molar-refractivity contribution >= 4 is 56.6 Å². The van der Waals surface area contributed by atoms with Crippen molar-refractivity contribution in [1.82, 2.24) is 0 Å². The van der Waals surface area contributed by atoms with Crippen LogP contribution in [0.15, 0.2) is 334 Å². The van der Waals surface area contributed by atoms with Gasteiger partial charge >= 0.3 is 0 Å². The second-order valence-corrected chi connectivity index (χ2v) is 41.2. The average molecular weight is 1920 g/mol. The van der Waals surface area contributed by atoms with Gasteiger partial charge in [-0.2, -0.15) is 36.5 Å². The molecule has 696 valence electrons. The number of rotatable bonds is 22. The fraction of sp³-hybridized carbons (Fsp3) is 0.394. The molecule has 5 aromatic carbocycles. The Morgan fingerprint density at radius 2 is 0.433 bits per heavy atom. The van der Waals surface area contributed by atoms with Crippen molar-refractivity contribution in [3.05, 3.63) is 381 Å². The molecule has 0 spiro atoms. The van der Waals surface area contributed by atoms with E-state index in [1.807, 2.05) is 13.8 Å². The van der Waals surface area contributed by atoms with Crippen LogP contribution in [-0.2, 0) is 65.4 Å². The van der Waals surface area contributed by atoms with Crippen LogP contribution >= 0.6 is 0 Å². The summed E-state index contributed by atoms with van der Waals surface area (Å²) in [6, 6.07) is 31.3. The Bertz CT molecular complexity index is 6000. The first-order chi connectivity index (χ1) is 62.4. The van der Waals surface area contributed by atoms with Crippen LogP contribution in [0.3, 0.4) is 0 Å². The Kier molecular flexibility index (Phi) is 41.0. The molecule has 134 heavy (non-hydrogen) atoms. The van der Waals surface area contributed by atoms with Crippen molar-refractivity contribution in [3.8, 4) is 23.7 Å². The van der Waals surface area contributed by atoms with Crippen LogP contribution in [0.25, 0.3) is 56.6 Å². The van der Waals surface area contributed by atoms with Crippen LogP contribution in [0.1, 0.15) is 323 Å². The molecule has 8 aliphatic rings. The Morgan fingerprint density at radius 1 is 0.231 bits per heavy atom. The van der Waals surface area contributed by atoms with Gasteiger partial charge in [-0.1, -0.05) is 322 Å². The maximum absolute atomic E-state index is 3.43. The van der Waals surface area contributed by atoms with Gasteiger partial charge in [0.05, 0.1) is 0 Å². The number of hydrogen-bond acceptors (Lipinski definition) is 0. The third kappa shape index (κ3) is 26.3. The Morgan fingerprint density at radius 3 is 0.649 bits per heavy atom. The molecule has 0 aromatic heterocycles. The van der Waals surface area contributed by atoms with E-state index in [4.69, 9.17) is 0 Å². The molecule has 0 amide bonds. The molecule has 0 N–H and O–H groups in total. The molecule has 0 heterocycles. The summed E-state index contributed by atoms with van der Waals surface area (Å²) in [5.41, 5.74) is 56.2. The number of allylic oxidation sites excluding steroid dienone is 48. The van der Waals surface area contributed by atoms with Crippen LogP contribution in [-0.4, -0.2) is 0 Å². The van der Waals surface area contributed by atoms with Crippen molar-refractivity contribution in [2.24, 2.45) is 47.3 Å². The van der Waals surface area contributed by atoms with Gasteiger partial charge < -0.3 is 0 Å². The molecule has 0 nitrogen and oxygen atoms in total. The molecule has 0 unspecified atom stereocenters. The summed E-state index contributed by atoms with van der Waals surface area (Å²) in [6.07, 6.45) is 49.2. The van der Waals surface area contributed by atoms with Gasteiger partial charge in [-0.3, -0.25) is 22.3 Å². The number of hydrogen-bond donors (Lipinski definition) is 0. The van der Waals surface area contributed by atoms with Crippen molar-refractivity contribution in [3.63, 3.8) is 0 Å². The summed E-state index contributed by atoms with van der Waals surface area (Å²) in [4.78, 5) is 0. The van der Waals surface area contributed by atoms with Crippen molar-refractivity contribution in [2.45, 2.75) is 301 Å². The number of fused-ring (bicyclic) bond motifs is 3. The fourth-order valence-corrected chi connectivity index (χ4v) is 20.3. The largest absolute Gasteiger partial charge is 0.260 e. The molecule has 5 aromatic rings. The van der Waals surface area contributed by atoms with Crippen LogP contribution in [0.2, 0.25) is 0 Å². The zero-order valence-electron chi connectivity index (χ0n) is 89.4. The minimum atomic E-state index is 0. The minimum absolute atomic E-state index is 0. The van der Waals surface area contributed by atoms with E-state index in [2.05, 4.69) is 441 Å². The van der Waals surface area contributed by atoms with Gasteiger partial charge in [0.1, 0.15) is 0 Å². The average Bonchev–Trinajstić information content (AvgIpc) is 1.12. The van der Waals surface area contributed by atoms with E-state index in [-0.39, 0.29) is 65.4 Å². The van der Waals surface area contributed by atoms with Gasteiger partial charge in [0, 0.05) is 65.4 Å². The summed E-state index contributed by atoms with van der Waals surface area (Å²) in [6.45, 7) is 81.0. The maximum atomic E-state index is 3.43. The van der Waals surface area contributed by atoms with Crippen LogP contribution in [0.5, 0.6) is 0 Å². The van der Waals surface area contributed by atoms with Gasteiger partial charge in [0.15, 0.2) is 0 Å². The standard InChI is InChI=1S/C38H42.C34H40.C30H40.C30H36.2Y/c1-23(2)37-21-29(25(5)27(37)7)17-19-35-31-13-9-11-15-33(31)36(34-16-12-10-14-32(34)35)20-18-30-22-38(24(3)4)28(8)26(30)6;1-21(2)33-19-29(23(5)25(33)7)17-15-27-13-14-28(32-12-10-9-11-31(27)32)16-18-30-20-34(22(3)4)26(8)24(30)6;2*1-19(2)29-17-27(23(7)25(29)9)15-11-13-21(5)22(6)14-12-16-28-18-30(20(3)4)26(10)24(28)8;;/h9-20,23-24H,21-22H2,1-8H3;9-18,21-22H,19-20H2,1-8H3;11-12,15-16,19-20H,17-18H2,1-10H3;19-20H,17-18H2,1-10H3;;/q;;2*-2;;/b19-17+,20-18+;17-15+,18-16+;15-11+,16-12+;;;. The van der Waals surface area contributed by atoms with Crippen molar-refractivity contribution in [1.29, 1.82) is 0 Å². The first-order valence-corrected chi connectivity index (χ1v) is 49.6. The SMILES string of the molecule is CC(=[C-]/C=C/C1=C(C)C(C)=C(C(C)C)C1)C(C)=[C-]/C=C/C1=C(C)C(C)=C(C(C)C)C1.CC(=[C-]C#CC1=C(C)C(C)=C(C(C)C)C1)C(C)=[C-]C#CC1=C(C)C(C)=C(C(C)C)C1.CC1=C(/C=C/c2c3ccccc3c(/C=C/C3=C(C)C(C)=C(C(C)C)C3)c3ccccc23)CC(C(C)C)=C1C.CC1=C(/C=C/c2ccc(/C=C/C3=C(C)C(C)=C(C(C)C)C3)c3ccccc23)CC(C(C)C)=C1C.[Y].[Y]. The monoisotopic (exact) mass is 1920 g/mol. The van der Waals surface area contributed by atoms with Crippen LogP contribution in [0.4, 0.5) is 0 Å². The molecular weight excluding hydrogens is 1760 g/mol. The Hall–Kier alpha value is -8.55. The second kappa shape index (κ2) is 49.6. The van der Waals surface area contributed by atoms with Crippen molar-refractivity contribution < 1.29 is 65.4 Å². The Balaban J connectivity index is 0.000000220. The summed E-state index contributed by atoms with van der Waals surface area (Å²) >= 11 is 0. The first kappa shape index (κ1) is 111. The maximum Gasteiger partial charge on any atom is 0 e. The Labute approximate surface area is 866 Å². The molecule has 0 aliphatic heterocycles. The molecule has 0 saturated heterocycles. The van der Waals surface area contributed by atoms with E-state index in [1.165, 1.54) is 199 Å². The van der Waals surface area contributed by atoms with Crippen LogP contribution < -0.4 is 0 Å². The molecule has 0 saturated carbocycles. The van der Waals surface area contributed by atoms with Gasteiger partial charge in [-0.05, 0) is 364 Å². The van der Waals surface area contributed by atoms with E-state index in [0.717, 1.165) is 73.7 Å². The molecule has 2 radical (unpaired) electrons. The molecule has 0 atom stereocenters. The van der Waals surface area contributed by atoms with Gasteiger partial charge in [-0.25, -0.2) is 35.8 Å². The smallest absolute Gasteiger partial charge is 0 e. The third-order valence-corrected chi connectivity index (χ3v) is 30.8. The van der Waals surface area contributed by atoms with E-state index in [0.29, 0.717) is 47.3 Å². The summed E-state index contributed by atoms with van der Waals surface area (Å²) in [5, 5.41) is 7.92. The zero-order valence-corrected chi connectivity index (χ0v) is 95.1. The van der Waals surface area contributed by atoms with E-state index in [9.17, 15) is 0 Å². The molecule has 0 fully saturated rings. The molecular formula is C132H158Y2-4. The van der Waals surface area contributed by atoms with Crippen LogP contribution in [0, 0.1) is 95.3 Å². The topological polar surface area (TPSA) is 0 Å². The second-order valence-electron chi connectivity index (χ2n) is 41.2. The first-order valence-electron chi connectivity index (χ1n) is 49.6. The van der Waals surface area contributed by atoms with Gasteiger partial charge in [-0.15, -0.1) is 27.7 Å². The van der Waals surface area contributed by atoms with Gasteiger partial charge in [0.2, 0.25) is 0 Å². The van der Waals surface area contributed by atoms with E-state index >= 15 is 0 Å². The predicted octanol–water partition coefficient (Wildman–Crippen LogP) is 38.5. The summed E-state index contributed by atoms with van der Waals surface area (Å²) in [5.74, 6) is 17.7. The van der Waals surface area contributed by atoms with Crippen molar-refractivity contribution in [2.75, 3.05) is 0 Å². The van der Waals surface area contributed by atoms with E-state index < -0.39 is 0 Å². The molecule has 13 rings (SSSR count). The van der Waals surface area contributed by atoms with Gasteiger partial charge in [0.25, 0.3) is 0 Å². The minimum Gasteiger partial charge on any atom is -0.260 e. The fourth-order valence-electron chi connectivity index (χ4n) is 20.3. The quantitative estimate of drug-likeness (QED) is 0.0280. The zero-order chi connectivity index (χ0) is 96.9. The van der Waals surface area contributed by atoms with E-state index in [1.54, 1.807) is 33.4 Å².